The first-order valence-corrected chi connectivity index (χ1v) is 5.52. The Balaban J connectivity index is 2.04. The molecule has 1 saturated heterocycles. The highest BCUT2D eigenvalue weighted by Gasteiger charge is 2.21. The minimum Gasteiger partial charge on any atom is -0.371 e. The van der Waals surface area contributed by atoms with Crippen LogP contribution in [0.4, 0.5) is 5.69 Å². The number of pyridine rings is 1. The molecule has 3 heterocycles. The molecule has 2 aliphatic rings. The molecule has 2 aliphatic heterocycles. The first kappa shape index (κ1) is 9.04. The van der Waals surface area contributed by atoms with E-state index in [2.05, 4.69) is 16.0 Å². The Bertz CT molecular complexity index is 412. The maximum Gasteiger partial charge on any atom is 0.0715 e. The molecule has 78 valence electrons. The van der Waals surface area contributed by atoms with E-state index in [1.807, 2.05) is 18.5 Å². The zero-order chi connectivity index (χ0) is 10.3. The average molecular weight is 222 g/mol. The number of anilines is 1. The molecule has 0 radical (unpaired) electrons. The van der Waals surface area contributed by atoms with Crippen molar-refractivity contribution in [2.75, 3.05) is 18.0 Å². The maximum atomic E-state index is 5.98. The molecule has 0 aromatic carbocycles. The van der Waals surface area contributed by atoms with Gasteiger partial charge in [-0.05, 0) is 18.6 Å². The summed E-state index contributed by atoms with van der Waals surface area (Å²) in [7, 11) is 0. The molecule has 0 atom stereocenters. The van der Waals surface area contributed by atoms with Crippen LogP contribution in [0.2, 0.25) is 0 Å². The molecule has 0 bridgehead atoms. The molecule has 0 amide bonds. The van der Waals surface area contributed by atoms with Gasteiger partial charge in [0.25, 0.3) is 0 Å². The second-order valence-electron chi connectivity index (χ2n) is 3.91. The van der Waals surface area contributed by atoms with E-state index in [0.717, 1.165) is 25.3 Å². The van der Waals surface area contributed by atoms with Crippen molar-refractivity contribution in [2.45, 2.75) is 13.0 Å². The molecule has 1 aromatic heterocycles. The molecule has 0 spiro atoms. The van der Waals surface area contributed by atoms with Crippen LogP contribution >= 0.6 is 11.8 Å². The summed E-state index contributed by atoms with van der Waals surface area (Å²) in [5.41, 5.74) is 3.59. The zero-order valence-corrected chi connectivity index (χ0v) is 9.11. The number of aromatic nitrogens is 1. The summed E-state index contributed by atoms with van der Waals surface area (Å²) in [4.78, 5) is 6.74. The van der Waals surface area contributed by atoms with Crippen molar-refractivity contribution >= 4 is 23.5 Å². The van der Waals surface area contributed by atoms with Crippen LogP contribution in [0.15, 0.2) is 18.5 Å². The summed E-state index contributed by atoms with van der Waals surface area (Å²) in [6, 6.07) is 2.09. The number of halogens is 1. The van der Waals surface area contributed by atoms with Gasteiger partial charge in [-0.3, -0.25) is 9.40 Å². The summed E-state index contributed by atoms with van der Waals surface area (Å²) < 4.78 is 1.67. The van der Waals surface area contributed by atoms with Gasteiger partial charge in [-0.25, -0.2) is 0 Å². The van der Waals surface area contributed by atoms with E-state index in [1.54, 1.807) is 4.42 Å². The van der Waals surface area contributed by atoms with Gasteiger partial charge in [-0.2, -0.15) is 0 Å². The third-order valence-electron chi connectivity index (χ3n) is 2.96. The molecule has 3 nitrogen and oxygen atoms in total. The first-order valence-electron chi connectivity index (χ1n) is 5.18. The van der Waals surface area contributed by atoms with Crippen LogP contribution in [-0.4, -0.2) is 22.5 Å². The molecule has 1 fully saturated rings. The van der Waals surface area contributed by atoms with Crippen molar-refractivity contribution in [1.29, 1.82) is 0 Å². The molecule has 0 N–H and O–H groups in total. The van der Waals surface area contributed by atoms with E-state index in [1.165, 1.54) is 17.7 Å². The summed E-state index contributed by atoms with van der Waals surface area (Å²) in [5.74, 6) is 0. The Morgan fingerprint density at radius 1 is 1.33 bits per heavy atom. The lowest BCUT2D eigenvalue weighted by molar-refractivity contribution is 0.574. The smallest absolute Gasteiger partial charge is 0.0715 e. The molecule has 4 heteroatoms. The van der Waals surface area contributed by atoms with Gasteiger partial charge in [0, 0.05) is 48.5 Å². The van der Waals surface area contributed by atoms with E-state index in [9.17, 15) is 0 Å². The fourth-order valence-electron chi connectivity index (χ4n) is 2.01. The van der Waals surface area contributed by atoms with E-state index in [0.29, 0.717) is 0 Å². The predicted octanol–water partition coefficient (Wildman–Crippen LogP) is 2.23. The number of hydrogen-bond donors (Lipinski definition) is 0. The standard InChI is InChI=1S/C11H12ClN3/c12-15-7-3-10-9(8-15)11(2-4-13-10)14-5-1-6-14/h2-4,7H,1,5-6,8H2. The van der Waals surface area contributed by atoms with Crippen LogP contribution < -0.4 is 4.90 Å². The fraction of sp³-hybridized carbons (Fsp3) is 0.364. The lowest BCUT2D eigenvalue weighted by Gasteiger charge is -2.36. The minimum absolute atomic E-state index is 0.743. The third-order valence-corrected chi connectivity index (χ3v) is 3.20. The normalized spacial score (nSPS) is 18.7. The third kappa shape index (κ3) is 1.47. The average Bonchev–Trinajstić information content (AvgIpc) is 2.16. The van der Waals surface area contributed by atoms with E-state index in [4.69, 9.17) is 11.8 Å². The minimum atomic E-state index is 0.743. The maximum absolute atomic E-state index is 5.98. The predicted molar refractivity (Wildman–Crippen MR) is 61.5 cm³/mol. The quantitative estimate of drug-likeness (QED) is 0.678. The summed E-state index contributed by atoms with van der Waals surface area (Å²) in [6.45, 7) is 3.05. The summed E-state index contributed by atoms with van der Waals surface area (Å²) in [5, 5.41) is 0. The molecular formula is C11H12ClN3. The molecule has 3 rings (SSSR count). The van der Waals surface area contributed by atoms with Crippen molar-refractivity contribution in [3.8, 4) is 0 Å². The van der Waals surface area contributed by atoms with Gasteiger partial charge >= 0.3 is 0 Å². The van der Waals surface area contributed by atoms with Gasteiger partial charge < -0.3 is 4.90 Å². The lowest BCUT2D eigenvalue weighted by Crippen LogP contribution is -2.38. The van der Waals surface area contributed by atoms with Crippen LogP contribution in [0.25, 0.3) is 6.08 Å². The van der Waals surface area contributed by atoms with Gasteiger partial charge in [0.05, 0.1) is 12.2 Å². The van der Waals surface area contributed by atoms with Crippen LogP contribution in [0.1, 0.15) is 17.7 Å². The van der Waals surface area contributed by atoms with E-state index >= 15 is 0 Å². The van der Waals surface area contributed by atoms with E-state index in [-0.39, 0.29) is 0 Å². The van der Waals surface area contributed by atoms with Gasteiger partial charge in [0.2, 0.25) is 0 Å². The zero-order valence-electron chi connectivity index (χ0n) is 8.36. The van der Waals surface area contributed by atoms with Gasteiger partial charge in [-0.15, -0.1) is 0 Å². The van der Waals surface area contributed by atoms with Gasteiger partial charge in [-0.1, -0.05) is 0 Å². The fourth-order valence-corrected chi connectivity index (χ4v) is 2.19. The second kappa shape index (κ2) is 3.42. The number of nitrogens with zero attached hydrogens (tertiary/aromatic N) is 3. The van der Waals surface area contributed by atoms with Crippen molar-refractivity contribution in [1.82, 2.24) is 9.40 Å². The second-order valence-corrected chi connectivity index (χ2v) is 4.34. The highest BCUT2D eigenvalue weighted by atomic mass is 35.5. The van der Waals surface area contributed by atoms with Crippen molar-refractivity contribution < 1.29 is 0 Å². The molecule has 0 aliphatic carbocycles. The van der Waals surface area contributed by atoms with Crippen LogP contribution in [0, 0.1) is 0 Å². The largest absolute Gasteiger partial charge is 0.371 e. The Morgan fingerprint density at radius 2 is 2.20 bits per heavy atom. The van der Waals surface area contributed by atoms with Crippen molar-refractivity contribution in [3.63, 3.8) is 0 Å². The van der Waals surface area contributed by atoms with Gasteiger partial charge in [0.15, 0.2) is 0 Å². The SMILES string of the molecule is ClN1C=Cc2nccc(N3CCC3)c2C1. The highest BCUT2D eigenvalue weighted by Crippen LogP contribution is 2.31. The Labute approximate surface area is 94.1 Å². The van der Waals surface area contributed by atoms with Crippen LogP contribution in [0.5, 0.6) is 0 Å². The van der Waals surface area contributed by atoms with Gasteiger partial charge in [0.1, 0.15) is 0 Å². The highest BCUT2D eigenvalue weighted by molar-refractivity contribution is 6.14. The molecule has 15 heavy (non-hydrogen) atoms. The van der Waals surface area contributed by atoms with E-state index < -0.39 is 0 Å². The Hall–Kier alpha value is -1.22. The van der Waals surface area contributed by atoms with Crippen molar-refractivity contribution in [3.05, 3.63) is 29.7 Å². The number of rotatable bonds is 1. The molecule has 0 unspecified atom stereocenters. The lowest BCUT2D eigenvalue weighted by atomic mass is 10.1. The monoisotopic (exact) mass is 221 g/mol. The molecule has 0 saturated carbocycles. The number of hydrogen-bond acceptors (Lipinski definition) is 3. The summed E-state index contributed by atoms with van der Waals surface area (Å²) in [6.07, 6.45) is 6.99. The van der Waals surface area contributed by atoms with Crippen molar-refractivity contribution in [2.24, 2.45) is 0 Å². The number of fused-ring (bicyclic) bond motifs is 1. The Kier molecular flexibility index (Phi) is 2.06. The first-order chi connectivity index (χ1) is 7.34. The van der Waals surface area contributed by atoms with Crippen LogP contribution in [-0.2, 0) is 6.54 Å². The summed E-state index contributed by atoms with van der Waals surface area (Å²) >= 11 is 5.98. The molecular weight excluding hydrogens is 210 g/mol. The topological polar surface area (TPSA) is 19.4 Å². The van der Waals surface area contributed by atoms with Crippen LogP contribution in [0.3, 0.4) is 0 Å². The molecule has 1 aromatic rings. The Morgan fingerprint density at radius 3 is 2.93 bits per heavy atom.